The zero-order valence-electron chi connectivity index (χ0n) is 11.0. The Kier molecular flexibility index (Phi) is 3.27. The molecule has 102 valence electrons. The van der Waals surface area contributed by atoms with Gasteiger partial charge in [-0.2, -0.15) is 0 Å². The number of anilines is 1. The predicted octanol–water partition coefficient (Wildman–Crippen LogP) is 1.81. The molecule has 0 aliphatic carbocycles. The molecule has 1 N–H and O–H groups in total. The highest BCUT2D eigenvalue weighted by Crippen LogP contribution is 2.37. The van der Waals surface area contributed by atoms with Crippen LogP contribution in [-0.4, -0.2) is 43.2 Å². The molecule has 2 heterocycles. The molecule has 0 radical (unpaired) electrons. The first kappa shape index (κ1) is 12.9. The Morgan fingerprint density at radius 2 is 1.84 bits per heavy atom. The van der Waals surface area contributed by atoms with E-state index in [1.807, 2.05) is 24.1 Å². The van der Waals surface area contributed by atoms with Gasteiger partial charge in [0.1, 0.15) is 5.54 Å². The van der Waals surface area contributed by atoms with Crippen LogP contribution in [0.3, 0.4) is 0 Å². The van der Waals surface area contributed by atoms with Crippen molar-refractivity contribution in [2.75, 3.05) is 31.7 Å². The molecule has 3 rings (SSSR count). The van der Waals surface area contributed by atoms with Gasteiger partial charge in [0, 0.05) is 17.2 Å². The highest BCUT2D eigenvalue weighted by atomic mass is 79.9. The van der Waals surface area contributed by atoms with Gasteiger partial charge in [0.15, 0.2) is 0 Å². The topological polar surface area (TPSA) is 35.6 Å². The highest BCUT2D eigenvalue weighted by Gasteiger charge is 2.51. The van der Waals surface area contributed by atoms with Crippen LogP contribution in [0.25, 0.3) is 0 Å². The van der Waals surface area contributed by atoms with Crippen LogP contribution in [-0.2, 0) is 4.79 Å². The van der Waals surface area contributed by atoms with Gasteiger partial charge < -0.3 is 15.1 Å². The summed E-state index contributed by atoms with van der Waals surface area (Å²) in [6.45, 7) is 2.50. The lowest BCUT2D eigenvalue weighted by Gasteiger charge is -2.40. The SMILES string of the molecule is CN1CN(c2ccc(Br)cc2)C2(CCNCC2)C1=O. The van der Waals surface area contributed by atoms with E-state index in [9.17, 15) is 4.79 Å². The average Bonchev–Trinajstić information content (AvgIpc) is 2.66. The smallest absolute Gasteiger partial charge is 0.249 e. The number of benzene rings is 1. The first-order valence-corrected chi connectivity index (χ1v) is 7.42. The maximum absolute atomic E-state index is 12.6. The summed E-state index contributed by atoms with van der Waals surface area (Å²) in [6, 6.07) is 8.24. The normalized spacial score (nSPS) is 22.3. The van der Waals surface area contributed by atoms with E-state index < -0.39 is 0 Å². The minimum Gasteiger partial charge on any atom is -0.339 e. The third-order valence-electron chi connectivity index (χ3n) is 4.18. The Bertz CT molecular complexity index is 482. The maximum atomic E-state index is 12.6. The molecule has 5 heteroatoms. The van der Waals surface area contributed by atoms with E-state index in [-0.39, 0.29) is 11.4 Å². The fraction of sp³-hybridized carbons (Fsp3) is 0.500. The van der Waals surface area contributed by atoms with E-state index >= 15 is 0 Å². The first-order chi connectivity index (χ1) is 9.13. The number of halogens is 1. The molecule has 1 aromatic rings. The number of piperidine rings is 1. The van der Waals surface area contributed by atoms with Gasteiger partial charge in [-0.25, -0.2) is 0 Å². The lowest BCUT2D eigenvalue weighted by Crippen LogP contribution is -2.55. The van der Waals surface area contributed by atoms with E-state index in [0.29, 0.717) is 6.67 Å². The zero-order valence-corrected chi connectivity index (χ0v) is 12.6. The van der Waals surface area contributed by atoms with E-state index in [2.05, 4.69) is 38.3 Å². The minimum absolute atomic E-state index is 0.261. The van der Waals surface area contributed by atoms with Crippen LogP contribution in [0.15, 0.2) is 28.7 Å². The summed E-state index contributed by atoms with van der Waals surface area (Å²) in [5.74, 6) is 0.261. The zero-order chi connectivity index (χ0) is 13.5. The highest BCUT2D eigenvalue weighted by molar-refractivity contribution is 9.10. The van der Waals surface area contributed by atoms with Crippen molar-refractivity contribution in [3.8, 4) is 0 Å². The average molecular weight is 324 g/mol. The quantitative estimate of drug-likeness (QED) is 0.856. The maximum Gasteiger partial charge on any atom is 0.249 e. The van der Waals surface area contributed by atoms with Gasteiger partial charge in [-0.05, 0) is 50.2 Å². The van der Waals surface area contributed by atoms with Crippen molar-refractivity contribution in [3.63, 3.8) is 0 Å². The van der Waals surface area contributed by atoms with E-state index in [0.717, 1.165) is 36.1 Å². The second-order valence-electron chi connectivity index (χ2n) is 5.33. The Balaban J connectivity index is 1.98. The number of amides is 1. The molecule has 1 spiro atoms. The summed E-state index contributed by atoms with van der Waals surface area (Å²) < 4.78 is 1.06. The summed E-state index contributed by atoms with van der Waals surface area (Å²) in [7, 11) is 1.89. The Hall–Kier alpha value is -1.07. The molecular weight excluding hydrogens is 306 g/mol. The third kappa shape index (κ3) is 2.05. The number of carbonyl (C=O) groups excluding carboxylic acids is 1. The van der Waals surface area contributed by atoms with Crippen molar-refractivity contribution in [1.29, 1.82) is 0 Å². The van der Waals surface area contributed by atoms with E-state index in [4.69, 9.17) is 0 Å². The summed E-state index contributed by atoms with van der Waals surface area (Å²) in [5, 5.41) is 3.35. The molecule has 2 aliphatic heterocycles. The van der Waals surface area contributed by atoms with Crippen LogP contribution >= 0.6 is 15.9 Å². The number of carbonyl (C=O) groups is 1. The standard InChI is InChI=1S/C14H18BrN3O/c1-17-10-18(12-4-2-11(15)3-5-12)14(13(17)19)6-8-16-9-7-14/h2-5,16H,6-10H2,1H3. The van der Waals surface area contributed by atoms with Crippen LogP contribution < -0.4 is 10.2 Å². The van der Waals surface area contributed by atoms with Gasteiger partial charge >= 0.3 is 0 Å². The lowest BCUT2D eigenvalue weighted by molar-refractivity contribution is -0.131. The molecule has 19 heavy (non-hydrogen) atoms. The van der Waals surface area contributed by atoms with Crippen molar-refractivity contribution in [1.82, 2.24) is 10.2 Å². The number of hydrogen-bond donors (Lipinski definition) is 1. The second kappa shape index (κ2) is 4.80. The van der Waals surface area contributed by atoms with E-state index in [1.54, 1.807) is 0 Å². The number of nitrogens with one attached hydrogen (secondary N) is 1. The molecule has 0 atom stereocenters. The van der Waals surface area contributed by atoms with Crippen LogP contribution in [0.5, 0.6) is 0 Å². The van der Waals surface area contributed by atoms with Gasteiger partial charge in [-0.15, -0.1) is 0 Å². The van der Waals surface area contributed by atoms with Gasteiger partial charge in [0.2, 0.25) is 5.91 Å². The molecule has 0 bridgehead atoms. The van der Waals surface area contributed by atoms with Crippen LogP contribution in [0.1, 0.15) is 12.8 Å². The Morgan fingerprint density at radius 3 is 2.47 bits per heavy atom. The predicted molar refractivity (Wildman–Crippen MR) is 79.1 cm³/mol. The molecular formula is C14H18BrN3O. The van der Waals surface area contributed by atoms with E-state index in [1.165, 1.54) is 0 Å². The lowest BCUT2D eigenvalue weighted by atomic mass is 9.86. The number of likely N-dealkylation sites (N-methyl/N-ethyl adjacent to an activating group) is 1. The molecule has 0 saturated carbocycles. The molecule has 0 aromatic heterocycles. The largest absolute Gasteiger partial charge is 0.339 e. The summed E-state index contributed by atoms with van der Waals surface area (Å²) >= 11 is 3.46. The Labute approximate surface area is 121 Å². The van der Waals surface area contributed by atoms with Crippen molar-refractivity contribution in [2.45, 2.75) is 18.4 Å². The van der Waals surface area contributed by atoms with Gasteiger partial charge in [-0.1, -0.05) is 15.9 Å². The van der Waals surface area contributed by atoms with Crippen molar-refractivity contribution < 1.29 is 4.79 Å². The third-order valence-corrected chi connectivity index (χ3v) is 4.71. The minimum atomic E-state index is -0.339. The number of nitrogens with zero attached hydrogens (tertiary/aromatic N) is 2. The van der Waals surface area contributed by atoms with Gasteiger partial charge in [0.05, 0.1) is 6.67 Å². The van der Waals surface area contributed by atoms with Crippen molar-refractivity contribution in [3.05, 3.63) is 28.7 Å². The number of hydrogen-bond acceptors (Lipinski definition) is 3. The molecule has 4 nitrogen and oxygen atoms in total. The molecule has 2 saturated heterocycles. The molecule has 1 amide bonds. The van der Waals surface area contributed by atoms with Crippen LogP contribution in [0, 0.1) is 0 Å². The molecule has 2 fully saturated rings. The molecule has 1 aromatic carbocycles. The Morgan fingerprint density at radius 1 is 1.21 bits per heavy atom. The van der Waals surface area contributed by atoms with Crippen molar-refractivity contribution in [2.24, 2.45) is 0 Å². The molecule has 0 unspecified atom stereocenters. The summed E-state index contributed by atoms with van der Waals surface area (Å²) in [4.78, 5) is 16.7. The first-order valence-electron chi connectivity index (χ1n) is 6.63. The fourth-order valence-corrected chi connectivity index (χ4v) is 3.42. The van der Waals surface area contributed by atoms with Crippen molar-refractivity contribution >= 4 is 27.5 Å². The number of rotatable bonds is 1. The monoisotopic (exact) mass is 323 g/mol. The molecule has 2 aliphatic rings. The van der Waals surface area contributed by atoms with Crippen LogP contribution in [0.2, 0.25) is 0 Å². The van der Waals surface area contributed by atoms with Gasteiger partial charge in [-0.3, -0.25) is 4.79 Å². The van der Waals surface area contributed by atoms with Gasteiger partial charge in [0.25, 0.3) is 0 Å². The summed E-state index contributed by atoms with van der Waals surface area (Å²) in [5.41, 5.74) is 0.788. The second-order valence-corrected chi connectivity index (χ2v) is 6.25. The van der Waals surface area contributed by atoms with Crippen LogP contribution in [0.4, 0.5) is 5.69 Å². The summed E-state index contributed by atoms with van der Waals surface area (Å²) in [6.07, 6.45) is 1.76. The fourth-order valence-electron chi connectivity index (χ4n) is 3.16.